The third kappa shape index (κ3) is 7.05. The number of piperidine rings is 2. The first-order valence-corrected chi connectivity index (χ1v) is 14.6. The fourth-order valence-electron chi connectivity index (χ4n) is 6.70. The molecular weight excluding hydrogens is 591 g/mol. The van der Waals surface area contributed by atoms with Crippen LogP contribution < -0.4 is 0 Å². The van der Waals surface area contributed by atoms with Crippen LogP contribution in [0, 0.1) is 12.7 Å². The third-order valence-corrected chi connectivity index (χ3v) is 9.33. The quantitative estimate of drug-likeness (QED) is 0.343. The molecule has 0 radical (unpaired) electrons. The molecule has 2 atom stereocenters. The minimum Gasteiger partial charge on any atom is -0.343 e. The zero-order chi connectivity index (χ0) is 32.8. The van der Waals surface area contributed by atoms with E-state index in [1.807, 2.05) is 0 Å². The van der Waals surface area contributed by atoms with Gasteiger partial charge in [-0.05, 0) is 87.1 Å². The number of benzene rings is 2. The van der Waals surface area contributed by atoms with Gasteiger partial charge in [0.25, 0.3) is 0 Å². The minimum absolute atomic E-state index is 0.0212. The lowest BCUT2D eigenvalue weighted by Gasteiger charge is -2.48. The Bertz CT molecular complexity index is 1350. The van der Waals surface area contributed by atoms with Crippen LogP contribution in [0.1, 0.15) is 73.8 Å². The summed E-state index contributed by atoms with van der Waals surface area (Å²) in [5, 5.41) is 0. The maximum Gasteiger partial charge on any atom is 0.416 e. The Morgan fingerprint density at radius 2 is 1.39 bits per heavy atom. The Labute approximate surface area is 253 Å². The number of rotatable bonds is 5. The van der Waals surface area contributed by atoms with Crippen molar-refractivity contribution in [1.82, 2.24) is 14.7 Å². The second kappa shape index (κ2) is 12.3. The molecule has 2 heterocycles. The van der Waals surface area contributed by atoms with Gasteiger partial charge >= 0.3 is 12.4 Å². The first kappa shape index (κ1) is 33.7. The lowest BCUT2D eigenvalue weighted by molar-refractivity contribution is -0.144. The summed E-state index contributed by atoms with van der Waals surface area (Å²) in [5.74, 6) is -1.31. The fraction of sp³-hybridized carbons (Fsp3) is 0.562. The number of likely N-dealkylation sites (tertiary alicyclic amines) is 2. The molecule has 0 spiro atoms. The maximum absolute atomic E-state index is 14.1. The summed E-state index contributed by atoms with van der Waals surface area (Å²) in [6.07, 6.45) is -8.04. The van der Waals surface area contributed by atoms with E-state index in [4.69, 9.17) is 0 Å². The highest BCUT2D eigenvalue weighted by Crippen LogP contribution is 2.41. The summed E-state index contributed by atoms with van der Waals surface area (Å²) in [6.45, 7) is 8.35. The van der Waals surface area contributed by atoms with Gasteiger partial charge in [0.1, 0.15) is 5.82 Å². The highest BCUT2D eigenvalue weighted by molar-refractivity contribution is 5.87. The first-order chi connectivity index (χ1) is 20.3. The number of hydrogen-bond acceptors (Lipinski definition) is 3. The normalized spacial score (nSPS) is 21.0. The topological polar surface area (TPSA) is 43.9 Å². The van der Waals surface area contributed by atoms with Crippen molar-refractivity contribution in [2.75, 3.05) is 33.2 Å². The molecule has 0 saturated carbocycles. The van der Waals surface area contributed by atoms with E-state index >= 15 is 0 Å². The van der Waals surface area contributed by atoms with Crippen molar-refractivity contribution in [3.63, 3.8) is 0 Å². The molecule has 2 aromatic carbocycles. The van der Waals surface area contributed by atoms with E-state index in [0.29, 0.717) is 50.3 Å². The number of carbonyl (C=O) groups is 2. The maximum atomic E-state index is 14.1. The van der Waals surface area contributed by atoms with E-state index < -0.39 is 46.7 Å². The van der Waals surface area contributed by atoms with Crippen LogP contribution in [0.3, 0.4) is 0 Å². The van der Waals surface area contributed by atoms with Crippen molar-refractivity contribution in [2.45, 2.75) is 82.7 Å². The first-order valence-electron chi connectivity index (χ1n) is 14.6. The summed E-state index contributed by atoms with van der Waals surface area (Å²) >= 11 is 0. The summed E-state index contributed by atoms with van der Waals surface area (Å²) < 4.78 is 95.8. The van der Waals surface area contributed by atoms with Crippen molar-refractivity contribution in [3.05, 3.63) is 70.0 Å². The van der Waals surface area contributed by atoms with Crippen molar-refractivity contribution >= 4 is 11.8 Å². The van der Waals surface area contributed by atoms with E-state index in [-0.39, 0.29) is 29.5 Å². The van der Waals surface area contributed by atoms with E-state index in [1.165, 1.54) is 44.9 Å². The number of alkyl halides is 6. The molecule has 2 saturated heterocycles. The van der Waals surface area contributed by atoms with Gasteiger partial charge in [0.15, 0.2) is 0 Å². The molecule has 2 aromatic rings. The van der Waals surface area contributed by atoms with Gasteiger partial charge in [0.2, 0.25) is 11.8 Å². The molecule has 12 heteroatoms. The van der Waals surface area contributed by atoms with Gasteiger partial charge in [0.05, 0.1) is 16.5 Å². The van der Waals surface area contributed by atoms with Crippen LogP contribution in [0.25, 0.3) is 0 Å². The largest absolute Gasteiger partial charge is 0.416 e. The molecule has 2 aliphatic rings. The number of nitrogens with zero attached hydrogens (tertiary/aromatic N) is 3. The van der Waals surface area contributed by atoms with Gasteiger partial charge in [-0.25, -0.2) is 4.39 Å². The molecule has 5 nitrogen and oxygen atoms in total. The average molecular weight is 630 g/mol. The van der Waals surface area contributed by atoms with Crippen LogP contribution in [0.4, 0.5) is 30.7 Å². The van der Waals surface area contributed by atoms with Gasteiger partial charge in [0, 0.05) is 58.2 Å². The Morgan fingerprint density at radius 1 is 0.841 bits per heavy atom. The van der Waals surface area contributed by atoms with E-state index in [0.717, 1.165) is 18.4 Å². The Hall–Kier alpha value is -3.15. The van der Waals surface area contributed by atoms with E-state index in [1.54, 1.807) is 17.9 Å². The molecule has 0 aromatic heterocycles. The summed E-state index contributed by atoms with van der Waals surface area (Å²) in [7, 11) is 1.53. The molecule has 242 valence electrons. The van der Waals surface area contributed by atoms with Gasteiger partial charge in [-0.2, -0.15) is 26.3 Å². The van der Waals surface area contributed by atoms with Crippen molar-refractivity contribution in [2.24, 2.45) is 0 Å². The molecule has 2 aliphatic heterocycles. The Morgan fingerprint density at radius 3 is 1.89 bits per heavy atom. The standard InChI is InChI=1S/C32H38F7N3O2/c1-19-14-24(33)6-7-26(19)27-18-42(25-8-11-41(12-9-25)20(2)43)13-10-28(27)40(5)29(44)30(3,4)21-15-22(31(34,35)36)17-23(16-21)32(37,38)39/h6-7,14-17,25,27-28H,8-13,18H2,1-5H3/t27-,28+/m0/s1. The SMILES string of the molecule is CC(=O)N1CCC(N2CC[C@@H](N(C)C(=O)C(C)(C)c3cc(C(F)(F)F)cc(C(F)(F)F)c3)[C@H](c3ccc(F)cc3C)C2)CC1. The van der Waals surface area contributed by atoms with E-state index in [2.05, 4.69) is 4.90 Å². The predicted molar refractivity (Wildman–Crippen MR) is 151 cm³/mol. The molecule has 0 unspecified atom stereocenters. The van der Waals surface area contributed by atoms with Crippen LogP contribution in [-0.4, -0.2) is 71.8 Å². The third-order valence-electron chi connectivity index (χ3n) is 9.33. The molecule has 0 N–H and O–H groups in total. The molecule has 2 amide bonds. The highest BCUT2D eigenvalue weighted by atomic mass is 19.4. The molecule has 4 rings (SSSR count). The van der Waals surface area contributed by atoms with E-state index in [9.17, 15) is 40.3 Å². The lowest BCUT2D eigenvalue weighted by Crippen LogP contribution is -2.56. The smallest absolute Gasteiger partial charge is 0.343 e. The number of aryl methyl sites for hydroxylation is 1. The zero-order valence-corrected chi connectivity index (χ0v) is 25.4. The monoisotopic (exact) mass is 629 g/mol. The lowest BCUT2D eigenvalue weighted by atomic mass is 9.78. The molecule has 0 aliphatic carbocycles. The fourth-order valence-corrected chi connectivity index (χ4v) is 6.70. The number of hydrogen-bond donors (Lipinski definition) is 0. The number of carbonyl (C=O) groups excluding carboxylic acids is 2. The Kier molecular flexibility index (Phi) is 9.45. The minimum atomic E-state index is -5.04. The summed E-state index contributed by atoms with van der Waals surface area (Å²) in [6, 6.07) is 5.44. The number of likely N-dealkylation sites (N-methyl/N-ethyl adjacent to an activating group) is 1. The van der Waals surface area contributed by atoms with Gasteiger partial charge in [-0.15, -0.1) is 0 Å². The van der Waals surface area contributed by atoms with Crippen LogP contribution in [0.15, 0.2) is 36.4 Å². The number of halogens is 7. The molecule has 44 heavy (non-hydrogen) atoms. The zero-order valence-electron chi connectivity index (χ0n) is 25.4. The highest BCUT2D eigenvalue weighted by Gasteiger charge is 2.44. The van der Waals surface area contributed by atoms with Gasteiger partial charge in [-0.3, -0.25) is 14.5 Å². The second-order valence-electron chi connectivity index (χ2n) is 12.5. The number of amides is 2. The van der Waals surface area contributed by atoms with Crippen LogP contribution >= 0.6 is 0 Å². The second-order valence-corrected chi connectivity index (χ2v) is 12.5. The van der Waals surface area contributed by atoms with Gasteiger partial charge < -0.3 is 9.80 Å². The van der Waals surface area contributed by atoms with Crippen molar-refractivity contribution < 1.29 is 40.3 Å². The van der Waals surface area contributed by atoms with Gasteiger partial charge in [-0.1, -0.05) is 6.07 Å². The molecular formula is C32H38F7N3O2. The summed E-state index contributed by atoms with van der Waals surface area (Å²) in [5.41, 5.74) is -3.57. The van der Waals surface area contributed by atoms with Crippen molar-refractivity contribution in [3.8, 4) is 0 Å². The van der Waals surface area contributed by atoms with Crippen molar-refractivity contribution in [1.29, 1.82) is 0 Å². The van der Waals surface area contributed by atoms with Crippen LogP contribution in [0.2, 0.25) is 0 Å². The van der Waals surface area contributed by atoms with Crippen LogP contribution in [0.5, 0.6) is 0 Å². The Balaban J connectivity index is 1.66. The molecule has 2 fully saturated rings. The van der Waals surface area contributed by atoms with Crippen LogP contribution in [-0.2, 0) is 27.4 Å². The summed E-state index contributed by atoms with van der Waals surface area (Å²) in [4.78, 5) is 31.4. The average Bonchev–Trinajstić information content (AvgIpc) is 2.95. The predicted octanol–water partition coefficient (Wildman–Crippen LogP) is 6.78. The molecule has 0 bridgehead atoms.